The van der Waals surface area contributed by atoms with Gasteiger partial charge in [-0.05, 0) is 71.9 Å². The molecule has 0 saturated heterocycles. The number of nitrogens with one attached hydrogen (secondary N) is 1. The second-order valence-electron chi connectivity index (χ2n) is 5.47. The molecule has 0 amide bonds. The predicted molar refractivity (Wildman–Crippen MR) is 83.5 cm³/mol. The van der Waals surface area contributed by atoms with Gasteiger partial charge in [0, 0.05) is 15.8 Å². The second kappa shape index (κ2) is 6.07. The fraction of sp³-hybridized carbons (Fsp3) is 0.600. The number of anilines is 1. The van der Waals surface area contributed by atoms with Crippen molar-refractivity contribution in [1.82, 2.24) is 0 Å². The van der Waals surface area contributed by atoms with Gasteiger partial charge in [0.1, 0.15) is 0 Å². The zero-order chi connectivity index (χ0) is 12.3. The topological polar surface area (TPSA) is 12.0 Å². The SMILES string of the molecule is Cc1ccc(NCC2CCC(C)CC2)cc1I. The Morgan fingerprint density at radius 2 is 1.94 bits per heavy atom. The highest BCUT2D eigenvalue weighted by Gasteiger charge is 2.17. The highest BCUT2D eigenvalue weighted by Crippen LogP contribution is 2.28. The molecular formula is C15H22IN. The van der Waals surface area contributed by atoms with Crippen LogP contribution < -0.4 is 5.32 Å². The monoisotopic (exact) mass is 343 g/mol. The molecule has 94 valence electrons. The van der Waals surface area contributed by atoms with Crippen molar-refractivity contribution in [3.63, 3.8) is 0 Å². The van der Waals surface area contributed by atoms with Crippen LogP contribution in [0, 0.1) is 22.3 Å². The molecule has 1 nitrogen and oxygen atoms in total. The van der Waals surface area contributed by atoms with Gasteiger partial charge in [0.2, 0.25) is 0 Å². The van der Waals surface area contributed by atoms with E-state index in [2.05, 4.69) is 60.0 Å². The number of hydrogen-bond donors (Lipinski definition) is 1. The zero-order valence-electron chi connectivity index (χ0n) is 10.8. The van der Waals surface area contributed by atoms with Crippen LogP contribution in [0.25, 0.3) is 0 Å². The van der Waals surface area contributed by atoms with Crippen molar-refractivity contribution in [1.29, 1.82) is 0 Å². The van der Waals surface area contributed by atoms with Crippen LogP contribution in [0.1, 0.15) is 38.2 Å². The van der Waals surface area contributed by atoms with Crippen LogP contribution in [-0.4, -0.2) is 6.54 Å². The van der Waals surface area contributed by atoms with Gasteiger partial charge in [0.05, 0.1) is 0 Å². The Labute approximate surface area is 119 Å². The van der Waals surface area contributed by atoms with Crippen LogP contribution in [0.15, 0.2) is 18.2 Å². The van der Waals surface area contributed by atoms with Crippen molar-refractivity contribution in [2.45, 2.75) is 39.5 Å². The Morgan fingerprint density at radius 3 is 2.59 bits per heavy atom. The van der Waals surface area contributed by atoms with Gasteiger partial charge in [0.25, 0.3) is 0 Å². The molecule has 17 heavy (non-hydrogen) atoms. The Kier molecular flexibility index (Phi) is 4.71. The maximum Gasteiger partial charge on any atom is 0.0351 e. The zero-order valence-corrected chi connectivity index (χ0v) is 13.0. The van der Waals surface area contributed by atoms with E-state index in [4.69, 9.17) is 0 Å². The van der Waals surface area contributed by atoms with Crippen molar-refractivity contribution in [2.75, 3.05) is 11.9 Å². The minimum atomic E-state index is 0.880. The van der Waals surface area contributed by atoms with Crippen molar-refractivity contribution in [3.05, 3.63) is 27.3 Å². The van der Waals surface area contributed by atoms with Gasteiger partial charge in [-0.1, -0.05) is 25.8 Å². The lowest BCUT2D eigenvalue weighted by Crippen LogP contribution is -2.20. The van der Waals surface area contributed by atoms with Crippen LogP contribution >= 0.6 is 22.6 Å². The molecule has 0 radical (unpaired) electrons. The first-order chi connectivity index (χ1) is 8.15. The first kappa shape index (κ1) is 13.2. The highest BCUT2D eigenvalue weighted by atomic mass is 127. The third kappa shape index (κ3) is 3.87. The van der Waals surface area contributed by atoms with Gasteiger partial charge in [-0.15, -0.1) is 0 Å². The molecule has 0 heterocycles. The molecular weight excluding hydrogens is 321 g/mol. The van der Waals surface area contributed by atoms with E-state index in [0.717, 1.165) is 18.4 Å². The van der Waals surface area contributed by atoms with Gasteiger partial charge >= 0.3 is 0 Å². The summed E-state index contributed by atoms with van der Waals surface area (Å²) in [5, 5.41) is 3.59. The molecule has 1 N–H and O–H groups in total. The molecule has 0 spiro atoms. The average Bonchev–Trinajstić information content (AvgIpc) is 2.33. The quantitative estimate of drug-likeness (QED) is 0.775. The molecule has 2 rings (SSSR count). The van der Waals surface area contributed by atoms with Gasteiger partial charge in [-0.2, -0.15) is 0 Å². The molecule has 1 aliphatic rings. The molecule has 0 atom stereocenters. The first-order valence-electron chi connectivity index (χ1n) is 6.65. The van der Waals surface area contributed by atoms with Crippen LogP contribution in [0.5, 0.6) is 0 Å². The fourth-order valence-corrected chi connectivity index (χ4v) is 3.01. The highest BCUT2D eigenvalue weighted by molar-refractivity contribution is 14.1. The van der Waals surface area contributed by atoms with Crippen LogP contribution in [0.4, 0.5) is 5.69 Å². The van der Waals surface area contributed by atoms with Gasteiger partial charge in [-0.25, -0.2) is 0 Å². The van der Waals surface area contributed by atoms with Crippen LogP contribution in [0.2, 0.25) is 0 Å². The Balaban J connectivity index is 1.83. The predicted octanol–water partition coefficient (Wildman–Crippen LogP) is 4.84. The smallest absolute Gasteiger partial charge is 0.0351 e. The maximum absolute atomic E-state index is 3.59. The molecule has 1 aromatic rings. The molecule has 0 aromatic heterocycles. The van der Waals surface area contributed by atoms with Crippen LogP contribution in [-0.2, 0) is 0 Å². The number of halogens is 1. The normalized spacial score (nSPS) is 24.6. The van der Waals surface area contributed by atoms with Crippen molar-refractivity contribution >= 4 is 28.3 Å². The van der Waals surface area contributed by atoms with Crippen molar-refractivity contribution < 1.29 is 0 Å². The number of hydrogen-bond acceptors (Lipinski definition) is 1. The van der Waals surface area contributed by atoms with E-state index in [1.807, 2.05) is 0 Å². The third-order valence-electron chi connectivity index (χ3n) is 3.90. The lowest BCUT2D eigenvalue weighted by Gasteiger charge is -2.26. The molecule has 1 saturated carbocycles. The van der Waals surface area contributed by atoms with Gasteiger partial charge in [0.15, 0.2) is 0 Å². The standard InChI is InChI=1S/C15H22IN/c1-11-3-6-13(7-4-11)10-17-14-8-5-12(2)15(16)9-14/h5,8-9,11,13,17H,3-4,6-7,10H2,1-2H3. The molecule has 0 aliphatic heterocycles. The molecule has 1 aromatic carbocycles. The molecule has 1 fully saturated rings. The summed E-state index contributed by atoms with van der Waals surface area (Å²) in [5.41, 5.74) is 2.64. The summed E-state index contributed by atoms with van der Waals surface area (Å²) < 4.78 is 1.35. The molecule has 1 aliphatic carbocycles. The van der Waals surface area contributed by atoms with E-state index in [1.54, 1.807) is 0 Å². The third-order valence-corrected chi connectivity index (χ3v) is 5.06. The number of rotatable bonds is 3. The summed E-state index contributed by atoms with van der Waals surface area (Å²) in [7, 11) is 0. The summed E-state index contributed by atoms with van der Waals surface area (Å²) in [5.74, 6) is 1.83. The fourth-order valence-electron chi connectivity index (χ4n) is 2.50. The molecule has 0 unspecified atom stereocenters. The minimum Gasteiger partial charge on any atom is -0.385 e. The van der Waals surface area contributed by atoms with E-state index in [9.17, 15) is 0 Å². The molecule has 2 heteroatoms. The van der Waals surface area contributed by atoms with Crippen molar-refractivity contribution in [2.24, 2.45) is 11.8 Å². The Morgan fingerprint density at radius 1 is 1.24 bits per heavy atom. The Hall–Kier alpha value is -0.250. The largest absolute Gasteiger partial charge is 0.385 e. The van der Waals surface area contributed by atoms with E-state index in [-0.39, 0.29) is 0 Å². The van der Waals surface area contributed by atoms with E-state index in [1.165, 1.54) is 40.5 Å². The lowest BCUT2D eigenvalue weighted by atomic mass is 9.83. The lowest BCUT2D eigenvalue weighted by molar-refractivity contribution is 0.300. The van der Waals surface area contributed by atoms with E-state index >= 15 is 0 Å². The van der Waals surface area contributed by atoms with E-state index in [0.29, 0.717) is 0 Å². The summed E-state index contributed by atoms with van der Waals surface area (Å²) >= 11 is 2.41. The maximum atomic E-state index is 3.59. The number of aryl methyl sites for hydroxylation is 1. The van der Waals surface area contributed by atoms with E-state index < -0.39 is 0 Å². The van der Waals surface area contributed by atoms with Gasteiger partial charge < -0.3 is 5.32 Å². The summed E-state index contributed by atoms with van der Waals surface area (Å²) in [6, 6.07) is 6.65. The number of benzene rings is 1. The second-order valence-corrected chi connectivity index (χ2v) is 6.63. The Bertz CT molecular complexity index is 367. The average molecular weight is 343 g/mol. The summed E-state index contributed by atoms with van der Waals surface area (Å²) in [4.78, 5) is 0. The molecule has 0 bridgehead atoms. The summed E-state index contributed by atoms with van der Waals surface area (Å²) in [6.45, 7) is 5.69. The minimum absolute atomic E-state index is 0.880. The van der Waals surface area contributed by atoms with Crippen LogP contribution in [0.3, 0.4) is 0 Å². The van der Waals surface area contributed by atoms with Gasteiger partial charge in [-0.3, -0.25) is 0 Å². The summed E-state index contributed by atoms with van der Waals surface area (Å²) in [6.07, 6.45) is 5.63. The first-order valence-corrected chi connectivity index (χ1v) is 7.73. The van der Waals surface area contributed by atoms with Crippen molar-refractivity contribution in [3.8, 4) is 0 Å².